The molecule has 1 fully saturated rings. The molecular formula is C6H10O3. The van der Waals surface area contributed by atoms with Crippen LogP contribution in [0.3, 0.4) is 0 Å². The maximum absolute atomic E-state index is 11.0. The molecule has 0 spiro atoms. The van der Waals surface area contributed by atoms with Crippen molar-refractivity contribution in [2.24, 2.45) is 0 Å². The highest BCUT2D eigenvalue weighted by Gasteiger charge is 2.30. The minimum absolute atomic E-state index is 0.0697. The fraction of sp³-hybridized carbons (Fsp3) is 0.833. The summed E-state index contributed by atoms with van der Waals surface area (Å²) in [5.74, 6) is -0.384. The Hall–Kier alpha value is -0.410. The molecule has 0 bridgehead atoms. The van der Waals surface area contributed by atoms with Crippen LogP contribution in [-0.4, -0.2) is 25.3 Å². The van der Waals surface area contributed by atoms with Crippen LogP contribution in [0.15, 0.2) is 0 Å². The summed E-state index contributed by atoms with van der Waals surface area (Å²) >= 11 is 0. The number of hydrogen-bond acceptors (Lipinski definition) is 3. The Labute approximate surface area is 56.8 Å². The van der Waals surface area contributed by atoms with Crippen molar-refractivity contribution in [3.05, 3.63) is 0 Å². The lowest BCUT2D eigenvalue weighted by Gasteiger charge is -2.04. The van der Waals surface area contributed by atoms with E-state index < -0.39 is 18.8 Å². The molecule has 0 amide bonds. The third kappa shape index (κ3) is 1.28. The molecule has 1 aliphatic rings. The molecule has 1 heterocycles. The molecule has 3 atom stereocenters. The maximum atomic E-state index is 11.0. The van der Waals surface area contributed by atoms with Crippen LogP contribution in [0.1, 0.15) is 16.0 Å². The number of rotatable bonds is 1. The van der Waals surface area contributed by atoms with Crippen molar-refractivity contribution < 1.29 is 17.0 Å². The van der Waals surface area contributed by atoms with Gasteiger partial charge in [-0.25, -0.2) is 0 Å². The molecule has 3 nitrogen and oxygen atoms in total. The zero-order valence-corrected chi connectivity index (χ0v) is 5.16. The number of carbonyl (C=O) groups is 1. The van der Waals surface area contributed by atoms with Crippen molar-refractivity contribution in [3.63, 3.8) is 0 Å². The van der Waals surface area contributed by atoms with Gasteiger partial charge in [-0.1, -0.05) is 0 Å². The lowest BCUT2D eigenvalue weighted by Crippen LogP contribution is -2.17. The summed E-state index contributed by atoms with van der Waals surface area (Å²) in [6.45, 7) is -0.0697. The Kier molecular flexibility index (Phi) is 1.20. The molecule has 0 aliphatic carbocycles. The number of carbonyl (C=O) groups excluding carboxylic acids is 1. The van der Waals surface area contributed by atoms with Crippen molar-refractivity contribution in [1.82, 2.24) is 0 Å². The van der Waals surface area contributed by atoms with E-state index in [0.29, 0.717) is 0 Å². The molecule has 0 radical (unpaired) electrons. The molecule has 9 heavy (non-hydrogen) atoms. The van der Waals surface area contributed by atoms with Gasteiger partial charge in [0, 0.05) is 16.2 Å². The molecule has 1 saturated heterocycles. The number of hydrogen-bond donors (Lipinski definition) is 0. The largest absolute Gasteiger partial charge is 0.349 e. The molecule has 0 aromatic heterocycles. The van der Waals surface area contributed by atoms with Crippen LogP contribution in [0, 0.1) is 0 Å². The number of Topliss-reactive ketones (excluding diaryl/α,β-unsaturated/α-hetero) is 1. The molecule has 0 N–H and O–H groups in total. The zero-order chi connectivity index (χ0) is 8.43. The number of ether oxygens (including phenoxy) is 2. The van der Waals surface area contributed by atoms with E-state index in [-0.39, 0.29) is 12.7 Å². The van der Waals surface area contributed by atoms with Gasteiger partial charge in [-0.05, 0) is 6.90 Å². The molecule has 0 saturated carbocycles. The molecule has 3 heteroatoms. The van der Waals surface area contributed by atoms with Crippen molar-refractivity contribution >= 4 is 5.78 Å². The molecule has 1 rings (SSSR count). The minimum Gasteiger partial charge on any atom is -0.349 e. The van der Waals surface area contributed by atoms with Gasteiger partial charge in [-0.15, -0.1) is 0 Å². The number of methoxy groups -OCH3 is 1. The summed E-state index contributed by atoms with van der Waals surface area (Å²) in [5, 5.41) is 0. The van der Waals surface area contributed by atoms with Gasteiger partial charge < -0.3 is 9.47 Å². The van der Waals surface area contributed by atoms with Crippen LogP contribution in [0.2, 0.25) is 0 Å². The van der Waals surface area contributed by atoms with Crippen LogP contribution in [0.5, 0.6) is 0 Å². The van der Waals surface area contributed by atoms with Gasteiger partial charge in [0.1, 0.15) is 0 Å². The van der Waals surface area contributed by atoms with E-state index in [0.717, 1.165) is 0 Å². The maximum Gasteiger partial charge on any atom is 0.217 e. The standard InChI is InChI=1S/C6H10O3/c1-4-3-5(7)6(8-2)9-4/h4,6H,3H2,1-2H3/t4-,6+/m1/s1/i1D,3D/t3-,4+,6-/m0. The Morgan fingerprint density at radius 3 is 3.22 bits per heavy atom. The molecule has 0 aromatic rings. The van der Waals surface area contributed by atoms with Crippen molar-refractivity contribution in [2.45, 2.75) is 25.7 Å². The first-order chi connectivity index (χ1) is 5.20. The molecule has 52 valence electrons. The van der Waals surface area contributed by atoms with Gasteiger partial charge in [-0.2, -0.15) is 0 Å². The quantitative estimate of drug-likeness (QED) is 0.516. The first-order valence-electron chi connectivity index (χ1n) is 3.92. The average molecular weight is 132 g/mol. The van der Waals surface area contributed by atoms with Gasteiger partial charge in [-0.3, -0.25) is 4.79 Å². The smallest absolute Gasteiger partial charge is 0.217 e. The Balaban J connectivity index is 2.61. The topological polar surface area (TPSA) is 35.5 Å². The lowest BCUT2D eigenvalue weighted by atomic mass is 10.2. The Morgan fingerprint density at radius 2 is 2.89 bits per heavy atom. The average Bonchev–Trinajstić information content (AvgIpc) is 2.30. The summed E-state index contributed by atoms with van der Waals surface area (Å²) in [6.07, 6.45) is -2.49. The van der Waals surface area contributed by atoms with Gasteiger partial charge >= 0.3 is 0 Å². The molecule has 1 aliphatic heterocycles. The normalized spacial score (nSPS) is 46.8. The number of ketones is 1. The predicted molar refractivity (Wildman–Crippen MR) is 31.0 cm³/mol. The predicted octanol–water partition coefficient (Wildman–Crippen LogP) is 0.337. The third-order valence-corrected chi connectivity index (χ3v) is 1.09. The minimum atomic E-state index is -0.947. The van der Waals surface area contributed by atoms with Gasteiger partial charge in [0.25, 0.3) is 0 Å². The van der Waals surface area contributed by atoms with Crippen molar-refractivity contribution in [3.8, 4) is 0 Å². The zero-order valence-electron chi connectivity index (χ0n) is 7.16. The van der Waals surface area contributed by atoms with Crippen molar-refractivity contribution in [2.75, 3.05) is 7.11 Å². The summed E-state index contributed by atoms with van der Waals surface area (Å²) in [7, 11) is 1.35. The second-order valence-electron chi connectivity index (χ2n) is 1.81. The first kappa shape index (κ1) is 4.41. The van der Waals surface area contributed by atoms with E-state index in [1.54, 1.807) is 0 Å². The SMILES string of the molecule is [2H]C[C@H]1O[C@H](OC)C(=O)[C@H]1[2H]. The lowest BCUT2D eigenvalue weighted by molar-refractivity contribution is -0.149. The highest BCUT2D eigenvalue weighted by atomic mass is 16.7. The van der Waals surface area contributed by atoms with E-state index in [4.69, 9.17) is 7.48 Å². The summed E-state index contributed by atoms with van der Waals surface area (Å²) in [5.41, 5.74) is 0. The van der Waals surface area contributed by atoms with Gasteiger partial charge in [0.15, 0.2) is 5.78 Å². The third-order valence-electron chi connectivity index (χ3n) is 1.09. The van der Waals surface area contributed by atoms with Crippen LogP contribution in [-0.2, 0) is 14.3 Å². The van der Waals surface area contributed by atoms with Crippen LogP contribution >= 0.6 is 0 Å². The monoisotopic (exact) mass is 132 g/mol. The highest BCUT2D eigenvalue weighted by Crippen LogP contribution is 2.15. The molecule has 0 unspecified atom stereocenters. The fourth-order valence-corrected chi connectivity index (χ4v) is 0.699. The van der Waals surface area contributed by atoms with Crippen LogP contribution in [0.4, 0.5) is 0 Å². The first-order valence-corrected chi connectivity index (χ1v) is 2.64. The summed E-state index contributed by atoms with van der Waals surface area (Å²) in [6, 6.07) is 0. The Bertz CT molecular complexity index is 158. The highest BCUT2D eigenvalue weighted by molar-refractivity contribution is 5.83. The summed E-state index contributed by atoms with van der Waals surface area (Å²) in [4.78, 5) is 11.0. The van der Waals surface area contributed by atoms with E-state index in [2.05, 4.69) is 4.74 Å². The molecular weight excluding hydrogens is 120 g/mol. The Morgan fingerprint density at radius 1 is 2.11 bits per heavy atom. The van der Waals surface area contributed by atoms with E-state index in [9.17, 15) is 4.79 Å². The molecule has 0 aromatic carbocycles. The van der Waals surface area contributed by atoms with Gasteiger partial charge in [0.2, 0.25) is 6.29 Å². The van der Waals surface area contributed by atoms with E-state index in [1.807, 2.05) is 0 Å². The van der Waals surface area contributed by atoms with E-state index >= 15 is 0 Å². The fourth-order valence-electron chi connectivity index (χ4n) is 0.699. The van der Waals surface area contributed by atoms with E-state index in [1.165, 1.54) is 7.11 Å². The second-order valence-corrected chi connectivity index (χ2v) is 1.81. The van der Waals surface area contributed by atoms with Crippen molar-refractivity contribution in [1.29, 1.82) is 0 Å². The van der Waals surface area contributed by atoms with Crippen LogP contribution in [0.25, 0.3) is 0 Å². The summed E-state index contributed by atoms with van der Waals surface area (Å²) < 4.78 is 23.8. The second kappa shape index (κ2) is 2.45. The van der Waals surface area contributed by atoms with Gasteiger partial charge in [0.05, 0.1) is 6.10 Å². The van der Waals surface area contributed by atoms with Crippen LogP contribution < -0.4 is 0 Å².